The molecule has 0 radical (unpaired) electrons. The van der Waals surface area contributed by atoms with Crippen molar-refractivity contribution in [1.29, 1.82) is 0 Å². The third-order valence-corrected chi connectivity index (χ3v) is 5.41. The van der Waals surface area contributed by atoms with E-state index in [0.29, 0.717) is 28.7 Å². The van der Waals surface area contributed by atoms with E-state index in [1.807, 2.05) is 24.3 Å². The molecule has 0 bridgehead atoms. The van der Waals surface area contributed by atoms with Crippen LogP contribution in [0.5, 0.6) is 11.5 Å². The molecule has 2 N–H and O–H groups in total. The number of benzene rings is 2. The van der Waals surface area contributed by atoms with E-state index in [4.69, 9.17) is 9.47 Å². The first-order valence-electron chi connectivity index (χ1n) is 9.96. The Labute approximate surface area is 181 Å². The number of nitrogens with one attached hydrogen (secondary N) is 2. The standard InChI is InChI=1S/C23H27N3O5/c1-14(2)15-6-8-16(9-7-15)23(3)21(28)26(22(29)25-23)13-20(27)24-18-11-10-17(30-4)12-19(18)31-5/h6-12,14H,13H2,1-5H3,(H,24,27)(H,25,29)/t23-/m0/s1. The van der Waals surface area contributed by atoms with Crippen LogP contribution in [0.4, 0.5) is 10.5 Å². The fraction of sp³-hybridized carbons (Fsp3) is 0.348. The Hall–Kier alpha value is -3.55. The monoisotopic (exact) mass is 425 g/mol. The molecule has 31 heavy (non-hydrogen) atoms. The van der Waals surface area contributed by atoms with E-state index in [1.165, 1.54) is 14.2 Å². The van der Waals surface area contributed by atoms with Gasteiger partial charge in [0.1, 0.15) is 23.6 Å². The Kier molecular flexibility index (Phi) is 6.19. The number of carbonyl (C=O) groups is 3. The summed E-state index contributed by atoms with van der Waals surface area (Å²) >= 11 is 0. The first kappa shape index (κ1) is 22.1. The number of rotatable bonds is 7. The van der Waals surface area contributed by atoms with Crippen molar-refractivity contribution < 1.29 is 23.9 Å². The van der Waals surface area contributed by atoms with Gasteiger partial charge in [0.25, 0.3) is 5.91 Å². The largest absolute Gasteiger partial charge is 0.497 e. The predicted octanol–water partition coefficient (Wildman–Crippen LogP) is 3.23. The molecule has 1 heterocycles. The molecule has 3 rings (SSSR count). The van der Waals surface area contributed by atoms with Gasteiger partial charge in [0.2, 0.25) is 5.91 Å². The molecule has 1 saturated heterocycles. The van der Waals surface area contributed by atoms with Crippen molar-refractivity contribution in [3.05, 3.63) is 53.6 Å². The topological polar surface area (TPSA) is 97.0 Å². The van der Waals surface area contributed by atoms with Gasteiger partial charge in [-0.3, -0.25) is 14.5 Å². The average Bonchev–Trinajstić information content (AvgIpc) is 2.97. The van der Waals surface area contributed by atoms with Crippen LogP contribution < -0.4 is 20.1 Å². The second-order valence-corrected chi connectivity index (χ2v) is 7.84. The summed E-state index contributed by atoms with van der Waals surface area (Å²) in [5.41, 5.74) is 0.973. The van der Waals surface area contributed by atoms with E-state index >= 15 is 0 Å². The maximum Gasteiger partial charge on any atom is 0.325 e. The molecule has 8 heteroatoms. The van der Waals surface area contributed by atoms with E-state index in [1.54, 1.807) is 25.1 Å². The van der Waals surface area contributed by atoms with Gasteiger partial charge in [-0.05, 0) is 36.1 Å². The van der Waals surface area contributed by atoms with E-state index in [2.05, 4.69) is 24.5 Å². The van der Waals surface area contributed by atoms with Crippen LogP contribution in [0.1, 0.15) is 37.8 Å². The van der Waals surface area contributed by atoms with Crippen molar-refractivity contribution in [2.75, 3.05) is 26.1 Å². The Morgan fingerprint density at radius 3 is 2.35 bits per heavy atom. The minimum absolute atomic E-state index is 0.353. The lowest BCUT2D eigenvalue weighted by Crippen LogP contribution is -2.42. The van der Waals surface area contributed by atoms with Crippen molar-refractivity contribution in [1.82, 2.24) is 10.2 Å². The van der Waals surface area contributed by atoms with E-state index < -0.39 is 29.9 Å². The normalized spacial score (nSPS) is 18.2. The fourth-order valence-corrected chi connectivity index (χ4v) is 3.47. The van der Waals surface area contributed by atoms with Crippen molar-refractivity contribution in [3.8, 4) is 11.5 Å². The number of hydrogen-bond acceptors (Lipinski definition) is 5. The SMILES string of the molecule is COc1ccc(NC(=O)CN2C(=O)N[C@@](C)(c3ccc(C(C)C)cc3)C2=O)c(OC)c1. The average molecular weight is 425 g/mol. The predicted molar refractivity (Wildman–Crippen MR) is 116 cm³/mol. The van der Waals surface area contributed by atoms with Gasteiger partial charge in [0, 0.05) is 6.07 Å². The van der Waals surface area contributed by atoms with Gasteiger partial charge in [-0.1, -0.05) is 38.1 Å². The van der Waals surface area contributed by atoms with Crippen LogP contribution in [0.25, 0.3) is 0 Å². The lowest BCUT2D eigenvalue weighted by atomic mass is 9.90. The van der Waals surface area contributed by atoms with Gasteiger partial charge < -0.3 is 20.1 Å². The highest BCUT2D eigenvalue weighted by Gasteiger charge is 2.49. The number of hydrogen-bond donors (Lipinski definition) is 2. The molecule has 2 aromatic rings. The van der Waals surface area contributed by atoms with Crippen molar-refractivity contribution in [2.45, 2.75) is 32.2 Å². The molecular weight excluding hydrogens is 398 g/mol. The van der Waals surface area contributed by atoms with Gasteiger partial charge in [-0.2, -0.15) is 0 Å². The Balaban J connectivity index is 1.74. The van der Waals surface area contributed by atoms with Gasteiger partial charge in [0.15, 0.2) is 0 Å². The molecule has 0 spiro atoms. The number of carbonyl (C=O) groups excluding carboxylic acids is 3. The molecule has 1 atom stereocenters. The van der Waals surface area contributed by atoms with Gasteiger partial charge >= 0.3 is 6.03 Å². The Morgan fingerprint density at radius 2 is 1.77 bits per heavy atom. The molecule has 0 saturated carbocycles. The number of amides is 4. The lowest BCUT2D eigenvalue weighted by molar-refractivity contribution is -0.133. The maximum absolute atomic E-state index is 13.1. The van der Waals surface area contributed by atoms with Crippen molar-refractivity contribution in [2.24, 2.45) is 0 Å². The maximum atomic E-state index is 13.1. The Bertz CT molecular complexity index is 1000. The number of imide groups is 1. The third kappa shape index (κ3) is 4.33. The van der Waals surface area contributed by atoms with Crippen LogP contribution in [0.2, 0.25) is 0 Å². The van der Waals surface area contributed by atoms with Crippen LogP contribution in [-0.4, -0.2) is 43.5 Å². The third-order valence-electron chi connectivity index (χ3n) is 5.41. The first-order valence-corrected chi connectivity index (χ1v) is 9.96. The van der Waals surface area contributed by atoms with Crippen LogP contribution in [0, 0.1) is 0 Å². The summed E-state index contributed by atoms with van der Waals surface area (Å²) in [6, 6.07) is 11.9. The highest BCUT2D eigenvalue weighted by molar-refractivity contribution is 6.10. The van der Waals surface area contributed by atoms with Crippen LogP contribution in [0.15, 0.2) is 42.5 Å². The zero-order valence-electron chi connectivity index (χ0n) is 18.3. The number of methoxy groups -OCH3 is 2. The molecule has 1 aliphatic heterocycles. The first-order chi connectivity index (χ1) is 14.7. The van der Waals surface area contributed by atoms with E-state index in [0.717, 1.165) is 10.5 Å². The highest BCUT2D eigenvalue weighted by Crippen LogP contribution is 2.31. The number of urea groups is 1. The molecule has 8 nitrogen and oxygen atoms in total. The molecule has 0 unspecified atom stereocenters. The summed E-state index contributed by atoms with van der Waals surface area (Å²) in [6.45, 7) is 5.39. The van der Waals surface area contributed by atoms with Crippen molar-refractivity contribution in [3.63, 3.8) is 0 Å². The summed E-state index contributed by atoms with van der Waals surface area (Å²) < 4.78 is 10.4. The minimum atomic E-state index is -1.23. The van der Waals surface area contributed by atoms with Crippen LogP contribution in [0.3, 0.4) is 0 Å². The number of ether oxygens (including phenoxy) is 2. The zero-order valence-corrected chi connectivity index (χ0v) is 18.3. The molecule has 0 aliphatic carbocycles. The van der Waals surface area contributed by atoms with Crippen LogP contribution in [-0.2, 0) is 15.1 Å². The van der Waals surface area contributed by atoms with Gasteiger partial charge in [-0.25, -0.2) is 4.79 Å². The molecule has 4 amide bonds. The molecule has 2 aromatic carbocycles. The second kappa shape index (κ2) is 8.67. The number of anilines is 1. The van der Waals surface area contributed by atoms with Gasteiger partial charge in [-0.15, -0.1) is 0 Å². The van der Waals surface area contributed by atoms with E-state index in [9.17, 15) is 14.4 Å². The lowest BCUT2D eigenvalue weighted by Gasteiger charge is -2.23. The van der Waals surface area contributed by atoms with Gasteiger partial charge in [0.05, 0.1) is 19.9 Å². The summed E-state index contributed by atoms with van der Waals surface area (Å²) in [4.78, 5) is 39.1. The van der Waals surface area contributed by atoms with Crippen molar-refractivity contribution >= 4 is 23.5 Å². The summed E-state index contributed by atoms with van der Waals surface area (Å²) in [7, 11) is 3.00. The summed E-state index contributed by atoms with van der Waals surface area (Å²) in [5.74, 6) is 0.326. The molecule has 164 valence electrons. The fourth-order valence-electron chi connectivity index (χ4n) is 3.47. The molecular formula is C23H27N3O5. The minimum Gasteiger partial charge on any atom is -0.497 e. The van der Waals surface area contributed by atoms with Crippen LogP contribution >= 0.6 is 0 Å². The smallest absolute Gasteiger partial charge is 0.325 e. The number of nitrogens with zero attached hydrogens (tertiary/aromatic N) is 1. The quantitative estimate of drug-likeness (QED) is 0.664. The zero-order chi connectivity index (χ0) is 22.8. The highest BCUT2D eigenvalue weighted by atomic mass is 16.5. The summed E-state index contributed by atoms with van der Waals surface area (Å²) in [6.07, 6.45) is 0. The summed E-state index contributed by atoms with van der Waals surface area (Å²) in [5, 5.41) is 5.39. The molecule has 1 aliphatic rings. The molecule has 0 aromatic heterocycles. The molecule has 1 fully saturated rings. The van der Waals surface area contributed by atoms with E-state index in [-0.39, 0.29) is 0 Å². The Morgan fingerprint density at radius 1 is 1.10 bits per heavy atom. The second-order valence-electron chi connectivity index (χ2n) is 7.84.